The second kappa shape index (κ2) is 6.97. The van der Waals surface area contributed by atoms with Gasteiger partial charge in [-0.15, -0.1) is 0 Å². The van der Waals surface area contributed by atoms with Gasteiger partial charge >= 0.3 is 5.97 Å². The number of hydrogen-bond acceptors (Lipinski definition) is 2. The summed E-state index contributed by atoms with van der Waals surface area (Å²) in [4.78, 5) is 11.7. The Morgan fingerprint density at radius 1 is 1.18 bits per heavy atom. The largest absolute Gasteiger partial charge is 0.460 e. The van der Waals surface area contributed by atoms with Crippen molar-refractivity contribution < 1.29 is 13.9 Å². The fourth-order valence-corrected chi connectivity index (χ4v) is 1.66. The Labute approximate surface area is 105 Å². The lowest BCUT2D eigenvalue weighted by Gasteiger charge is -2.25. The third-order valence-electron chi connectivity index (χ3n) is 2.83. The van der Waals surface area contributed by atoms with Crippen molar-refractivity contribution in [3.63, 3.8) is 0 Å². The second-order valence-electron chi connectivity index (χ2n) is 5.84. The molecule has 0 aromatic rings. The van der Waals surface area contributed by atoms with E-state index >= 15 is 0 Å². The van der Waals surface area contributed by atoms with E-state index in [4.69, 9.17) is 4.74 Å². The minimum absolute atomic E-state index is 0.155. The fraction of sp³-hybridized carbons (Fsp3) is 0.929. The summed E-state index contributed by atoms with van der Waals surface area (Å²) in [6.07, 6.45) is 1.58. The highest BCUT2D eigenvalue weighted by Gasteiger charge is 2.34. The molecule has 0 bridgehead atoms. The highest BCUT2D eigenvalue weighted by molar-refractivity contribution is 5.78. The molecule has 3 heteroatoms. The van der Waals surface area contributed by atoms with Gasteiger partial charge in [0, 0.05) is 0 Å². The third-order valence-corrected chi connectivity index (χ3v) is 2.83. The molecule has 0 fully saturated rings. The molecule has 0 rings (SSSR count). The summed E-state index contributed by atoms with van der Waals surface area (Å²) in [7, 11) is 0. The van der Waals surface area contributed by atoms with E-state index in [2.05, 4.69) is 27.7 Å². The predicted molar refractivity (Wildman–Crippen MR) is 68.6 cm³/mol. The van der Waals surface area contributed by atoms with Gasteiger partial charge in [-0.2, -0.15) is 0 Å². The minimum atomic E-state index is -1.85. The van der Waals surface area contributed by atoms with E-state index in [1.807, 2.05) is 0 Å². The zero-order chi connectivity index (χ0) is 13.6. The number of carbonyl (C=O) groups excluding carboxylic acids is 1. The lowest BCUT2D eigenvalue weighted by Crippen LogP contribution is -2.35. The van der Waals surface area contributed by atoms with Crippen LogP contribution in [0.4, 0.5) is 4.39 Å². The molecule has 0 aromatic heterocycles. The van der Waals surface area contributed by atoms with Crippen molar-refractivity contribution in [1.29, 1.82) is 0 Å². The SMILES string of the molecule is CCC(C)(F)C(=O)OC(CC(C)C)CC(C)C. The van der Waals surface area contributed by atoms with Crippen LogP contribution in [-0.4, -0.2) is 17.7 Å². The molecular formula is C14H27FO2. The molecule has 17 heavy (non-hydrogen) atoms. The maximum absolute atomic E-state index is 13.8. The standard InChI is InChI=1S/C14H27FO2/c1-7-14(6,15)13(16)17-12(8-10(2)3)9-11(4)5/h10-12H,7-9H2,1-6H3. The predicted octanol–water partition coefficient (Wildman–Crippen LogP) is 4.13. The van der Waals surface area contributed by atoms with Gasteiger partial charge in [-0.05, 0) is 38.0 Å². The number of hydrogen-bond donors (Lipinski definition) is 0. The Kier molecular flexibility index (Phi) is 6.73. The second-order valence-corrected chi connectivity index (χ2v) is 5.84. The fourth-order valence-electron chi connectivity index (χ4n) is 1.66. The highest BCUT2D eigenvalue weighted by atomic mass is 19.1. The van der Waals surface area contributed by atoms with E-state index in [0.29, 0.717) is 11.8 Å². The molecule has 0 aliphatic rings. The Morgan fingerprint density at radius 2 is 1.59 bits per heavy atom. The average molecular weight is 246 g/mol. The minimum Gasteiger partial charge on any atom is -0.460 e. The first kappa shape index (κ1) is 16.4. The van der Waals surface area contributed by atoms with Crippen LogP contribution in [0.15, 0.2) is 0 Å². The Hall–Kier alpha value is -0.600. The van der Waals surface area contributed by atoms with Gasteiger partial charge in [0.15, 0.2) is 0 Å². The van der Waals surface area contributed by atoms with E-state index in [1.54, 1.807) is 6.92 Å². The van der Waals surface area contributed by atoms with Gasteiger partial charge in [0.1, 0.15) is 6.10 Å². The molecule has 1 atom stereocenters. The third kappa shape index (κ3) is 6.64. The summed E-state index contributed by atoms with van der Waals surface area (Å²) in [6, 6.07) is 0. The lowest BCUT2D eigenvalue weighted by atomic mass is 9.97. The average Bonchev–Trinajstić information content (AvgIpc) is 2.15. The monoisotopic (exact) mass is 246 g/mol. The maximum atomic E-state index is 13.8. The number of halogens is 1. The Balaban J connectivity index is 4.47. The summed E-state index contributed by atoms with van der Waals surface area (Å²) in [6.45, 7) is 11.3. The first-order chi connectivity index (χ1) is 7.69. The molecule has 1 unspecified atom stereocenters. The topological polar surface area (TPSA) is 26.3 Å². The van der Waals surface area contributed by atoms with Gasteiger partial charge in [0.25, 0.3) is 0 Å². The summed E-state index contributed by atoms with van der Waals surface area (Å²) in [5.41, 5.74) is -1.85. The first-order valence-electron chi connectivity index (χ1n) is 6.59. The smallest absolute Gasteiger partial charge is 0.343 e. The number of carbonyl (C=O) groups is 1. The van der Waals surface area contributed by atoms with Crippen molar-refractivity contribution in [3.05, 3.63) is 0 Å². The summed E-state index contributed by atoms with van der Waals surface area (Å²) in [5, 5.41) is 0. The van der Waals surface area contributed by atoms with Crippen molar-refractivity contribution in [2.24, 2.45) is 11.8 Å². The zero-order valence-electron chi connectivity index (χ0n) is 12.0. The van der Waals surface area contributed by atoms with Gasteiger partial charge in [-0.25, -0.2) is 9.18 Å². The van der Waals surface area contributed by atoms with E-state index in [1.165, 1.54) is 6.92 Å². The van der Waals surface area contributed by atoms with Crippen LogP contribution in [-0.2, 0) is 9.53 Å². The number of ether oxygens (including phenoxy) is 1. The first-order valence-corrected chi connectivity index (χ1v) is 6.59. The molecule has 0 aromatic carbocycles. The van der Waals surface area contributed by atoms with Crippen molar-refractivity contribution >= 4 is 5.97 Å². The van der Waals surface area contributed by atoms with E-state index in [0.717, 1.165) is 12.8 Å². The van der Waals surface area contributed by atoms with Crippen molar-refractivity contribution in [3.8, 4) is 0 Å². The summed E-state index contributed by atoms with van der Waals surface area (Å²) < 4.78 is 19.1. The summed E-state index contributed by atoms with van der Waals surface area (Å²) in [5.74, 6) is 0.171. The molecule has 0 amide bonds. The lowest BCUT2D eigenvalue weighted by molar-refractivity contribution is -0.164. The molecule has 0 spiro atoms. The number of esters is 1. The molecule has 0 aliphatic carbocycles. The van der Waals surface area contributed by atoms with Gasteiger partial charge in [-0.1, -0.05) is 34.6 Å². The van der Waals surface area contributed by atoms with Crippen LogP contribution in [0.25, 0.3) is 0 Å². The molecule has 0 N–H and O–H groups in total. The van der Waals surface area contributed by atoms with Crippen LogP contribution in [0.1, 0.15) is 60.8 Å². The Morgan fingerprint density at radius 3 is 1.88 bits per heavy atom. The molecule has 0 saturated heterocycles. The van der Waals surface area contributed by atoms with Crippen LogP contribution in [0.2, 0.25) is 0 Å². The van der Waals surface area contributed by atoms with E-state index in [9.17, 15) is 9.18 Å². The van der Waals surface area contributed by atoms with Crippen molar-refractivity contribution in [2.45, 2.75) is 72.6 Å². The highest BCUT2D eigenvalue weighted by Crippen LogP contribution is 2.22. The van der Waals surface area contributed by atoms with Crippen LogP contribution in [0, 0.1) is 11.8 Å². The normalized spacial score (nSPS) is 15.4. The molecule has 102 valence electrons. The molecular weight excluding hydrogens is 219 g/mol. The van der Waals surface area contributed by atoms with Crippen LogP contribution in [0.3, 0.4) is 0 Å². The van der Waals surface area contributed by atoms with E-state index in [-0.39, 0.29) is 12.5 Å². The van der Waals surface area contributed by atoms with Gasteiger partial charge < -0.3 is 4.74 Å². The molecule has 0 saturated carbocycles. The van der Waals surface area contributed by atoms with Crippen LogP contribution >= 0.6 is 0 Å². The number of alkyl halides is 1. The quantitative estimate of drug-likeness (QED) is 0.631. The molecule has 0 heterocycles. The molecule has 2 nitrogen and oxygen atoms in total. The number of rotatable bonds is 7. The molecule has 0 aliphatic heterocycles. The van der Waals surface area contributed by atoms with Crippen LogP contribution < -0.4 is 0 Å². The summed E-state index contributed by atoms with van der Waals surface area (Å²) >= 11 is 0. The van der Waals surface area contributed by atoms with Crippen molar-refractivity contribution in [1.82, 2.24) is 0 Å². The zero-order valence-corrected chi connectivity index (χ0v) is 12.0. The maximum Gasteiger partial charge on any atom is 0.343 e. The Bertz CT molecular complexity index is 224. The van der Waals surface area contributed by atoms with Crippen LogP contribution in [0.5, 0.6) is 0 Å². The van der Waals surface area contributed by atoms with Crippen molar-refractivity contribution in [2.75, 3.05) is 0 Å². The van der Waals surface area contributed by atoms with Gasteiger partial charge in [0.05, 0.1) is 0 Å². The van der Waals surface area contributed by atoms with Gasteiger partial charge in [0.2, 0.25) is 5.67 Å². The van der Waals surface area contributed by atoms with E-state index < -0.39 is 11.6 Å². The van der Waals surface area contributed by atoms with Gasteiger partial charge in [-0.3, -0.25) is 0 Å². The molecule has 0 radical (unpaired) electrons.